The van der Waals surface area contributed by atoms with Crippen molar-refractivity contribution in [1.82, 2.24) is 10.2 Å². The van der Waals surface area contributed by atoms with Crippen LogP contribution in [0.4, 0.5) is 8.78 Å². The molecule has 3 unspecified atom stereocenters. The lowest BCUT2D eigenvalue weighted by atomic mass is 10.0. The van der Waals surface area contributed by atoms with E-state index in [4.69, 9.17) is 0 Å². The zero-order chi connectivity index (χ0) is 17.7. The van der Waals surface area contributed by atoms with Gasteiger partial charge in [0.25, 0.3) is 0 Å². The molecule has 1 saturated heterocycles. The Labute approximate surface area is 141 Å². The van der Waals surface area contributed by atoms with Crippen LogP contribution in [0.15, 0.2) is 18.2 Å². The molecule has 0 aromatic heterocycles. The van der Waals surface area contributed by atoms with Crippen molar-refractivity contribution in [2.45, 2.75) is 57.7 Å². The molecular weight excluding hydrogens is 314 g/mol. The maximum atomic E-state index is 13.3. The molecule has 6 heteroatoms. The van der Waals surface area contributed by atoms with Gasteiger partial charge in [-0.15, -0.1) is 0 Å². The molecule has 1 aliphatic heterocycles. The number of hydrogen-bond acceptors (Lipinski definition) is 3. The third-order valence-corrected chi connectivity index (χ3v) is 4.70. The number of halogens is 2. The summed E-state index contributed by atoms with van der Waals surface area (Å²) in [6, 6.07) is 2.38. The Hall–Kier alpha value is -1.53. The van der Waals surface area contributed by atoms with Gasteiger partial charge >= 0.3 is 0 Å². The van der Waals surface area contributed by atoms with Gasteiger partial charge in [0, 0.05) is 0 Å². The number of hydrogen-bond donors (Lipinski definition) is 2. The molecule has 4 nitrogen and oxygen atoms in total. The molecule has 1 fully saturated rings. The number of carbonyl (C=O) groups excluding carboxylic acids is 1. The minimum absolute atomic E-state index is 0.161. The third kappa shape index (κ3) is 4.74. The van der Waals surface area contributed by atoms with Crippen LogP contribution in [0.25, 0.3) is 0 Å². The highest BCUT2D eigenvalue weighted by atomic mass is 19.2. The van der Waals surface area contributed by atoms with Gasteiger partial charge in [-0.3, -0.25) is 9.69 Å². The number of nitrogens with zero attached hydrogens (tertiary/aromatic N) is 1. The van der Waals surface area contributed by atoms with Crippen LogP contribution in [-0.2, 0) is 4.79 Å². The number of likely N-dealkylation sites (tertiary alicyclic amines) is 1. The second-order valence-electron chi connectivity index (χ2n) is 6.54. The Morgan fingerprint density at radius 2 is 1.75 bits per heavy atom. The molecule has 24 heavy (non-hydrogen) atoms. The average molecular weight is 340 g/mol. The van der Waals surface area contributed by atoms with Crippen LogP contribution in [0.1, 0.15) is 51.2 Å². The summed E-state index contributed by atoms with van der Waals surface area (Å²) in [5.74, 6) is -2.13. The van der Waals surface area contributed by atoms with Gasteiger partial charge in [0.1, 0.15) is 0 Å². The van der Waals surface area contributed by atoms with E-state index in [9.17, 15) is 18.7 Å². The van der Waals surface area contributed by atoms with Gasteiger partial charge < -0.3 is 10.4 Å². The minimum Gasteiger partial charge on any atom is -0.386 e. The standard InChI is InChI=1S/C18H26F2N2O2/c1-12(17(23)14-7-8-15(19)16(20)11-14)21-18(24)13(2)22-9-5-3-4-6-10-22/h7-8,11-13,17,23H,3-6,9-10H2,1-2H3,(H,21,24). The number of aliphatic hydroxyl groups excluding tert-OH is 1. The highest BCUT2D eigenvalue weighted by molar-refractivity contribution is 5.81. The highest BCUT2D eigenvalue weighted by Crippen LogP contribution is 2.20. The Balaban J connectivity index is 1.95. The summed E-state index contributed by atoms with van der Waals surface area (Å²) in [4.78, 5) is 14.6. The SMILES string of the molecule is CC(NC(=O)C(C)N1CCCCCC1)C(O)c1ccc(F)c(F)c1. The molecular formula is C18H26F2N2O2. The first-order chi connectivity index (χ1) is 11.4. The van der Waals surface area contributed by atoms with Crippen LogP contribution in [0.3, 0.4) is 0 Å². The molecule has 2 N–H and O–H groups in total. The van der Waals surface area contributed by atoms with Crippen molar-refractivity contribution in [3.8, 4) is 0 Å². The molecule has 3 atom stereocenters. The van der Waals surface area contributed by atoms with Gasteiger partial charge in [0.2, 0.25) is 5.91 Å². The first-order valence-corrected chi connectivity index (χ1v) is 8.57. The topological polar surface area (TPSA) is 52.6 Å². The fourth-order valence-electron chi connectivity index (χ4n) is 3.06. The number of rotatable bonds is 5. The van der Waals surface area contributed by atoms with Crippen LogP contribution < -0.4 is 5.32 Å². The molecule has 0 saturated carbocycles. The van der Waals surface area contributed by atoms with Gasteiger partial charge in [0.05, 0.1) is 18.2 Å². The second kappa shape index (κ2) is 8.53. The molecule has 134 valence electrons. The summed E-state index contributed by atoms with van der Waals surface area (Å²) >= 11 is 0. The van der Waals surface area contributed by atoms with Crippen molar-refractivity contribution in [3.05, 3.63) is 35.4 Å². The molecule has 1 amide bonds. The lowest BCUT2D eigenvalue weighted by molar-refractivity contribution is -0.127. The fraction of sp³-hybridized carbons (Fsp3) is 0.611. The first kappa shape index (κ1) is 18.8. The zero-order valence-electron chi connectivity index (χ0n) is 14.3. The quantitative estimate of drug-likeness (QED) is 0.867. The number of amides is 1. The van der Waals surface area contributed by atoms with Crippen LogP contribution in [-0.4, -0.2) is 41.1 Å². The van der Waals surface area contributed by atoms with Crippen molar-refractivity contribution in [3.63, 3.8) is 0 Å². The maximum Gasteiger partial charge on any atom is 0.237 e. The molecule has 1 heterocycles. The largest absolute Gasteiger partial charge is 0.386 e. The summed E-state index contributed by atoms with van der Waals surface area (Å²) < 4.78 is 26.3. The van der Waals surface area contributed by atoms with Crippen LogP contribution in [0.2, 0.25) is 0 Å². The predicted octanol–water partition coefficient (Wildman–Crippen LogP) is 2.77. The van der Waals surface area contributed by atoms with Crippen molar-refractivity contribution >= 4 is 5.91 Å². The molecule has 0 bridgehead atoms. The number of aliphatic hydroxyl groups is 1. The van der Waals surface area contributed by atoms with E-state index < -0.39 is 23.8 Å². The van der Waals surface area contributed by atoms with E-state index in [2.05, 4.69) is 10.2 Å². The van der Waals surface area contributed by atoms with E-state index in [0.29, 0.717) is 0 Å². The third-order valence-electron chi connectivity index (χ3n) is 4.70. The lowest BCUT2D eigenvalue weighted by Gasteiger charge is -2.29. The number of benzene rings is 1. The van der Waals surface area contributed by atoms with Crippen LogP contribution in [0.5, 0.6) is 0 Å². The van der Waals surface area contributed by atoms with E-state index in [1.54, 1.807) is 6.92 Å². The van der Waals surface area contributed by atoms with Crippen molar-refractivity contribution in [2.75, 3.05) is 13.1 Å². The maximum absolute atomic E-state index is 13.3. The van der Waals surface area contributed by atoms with E-state index >= 15 is 0 Å². The Morgan fingerprint density at radius 1 is 1.12 bits per heavy atom. The molecule has 0 spiro atoms. The lowest BCUT2D eigenvalue weighted by Crippen LogP contribution is -2.49. The van der Waals surface area contributed by atoms with Crippen LogP contribution >= 0.6 is 0 Å². The fourth-order valence-corrected chi connectivity index (χ4v) is 3.06. The molecule has 1 aromatic rings. The van der Waals surface area contributed by atoms with Crippen LogP contribution in [0, 0.1) is 11.6 Å². The first-order valence-electron chi connectivity index (χ1n) is 8.57. The van der Waals surface area contributed by atoms with Gasteiger partial charge in [-0.05, 0) is 57.5 Å². The Bertz CT molecular complexity index is 560. The molecule has 1 aromatic carbocycles. The molecule has 0 aliphatic carbocycles. The highest BCUT2D eigenvalue weighted by Gasteiger charge is 2.26. The molecule has 2 rings (SSSR count). The zero-order valence-corrected chi connectivity index (χ0v) is 14.3. The smallest absolute Gasteiger partial charge is 0.237 e. The van der Waals surface area contributed by atoms with Crippen molar-refractivity contribution in [1.29, 1.82) is 0 Å². The summed E-state index contributed by atoms with van der Waals surface area (Å²) in [6.07, 6.45) is 3.46. The van der Waals surface area contributed by atoms with Gasteiger partial charge in [-0.2, -0.15) is 0 Å². The Morgan fingerprint density at radius 3 is 2.33 bits per heavy atom. The molecule has 0 radical (unpaired) electrons. The van der Waals surface area contributed by atoms with Crippen molar-refractivity contribution < 1.29 is 18.7 Å². The Kier molecular flexibility index (Phi) is 6.69. The van der Waals surface area contributed by atoms with Gasteiger partial charge in [-0.25, -0.2) is 8.78 Å². The van der Waals surface area contributed by atoms with E-state index in [-0.39, 0.29) is 17.5 Å². The van der Waals surface area contributed by atoms with E-state index in [0.717, 1.165) is 38.1 Å². The summed E-state index contributed by atoms with van der Waals surface area (Å²) in [5, 5.41) is 13.1. The van der Waals surface area contributed by atoms with Gasteiger partial charge in [0.15, 0.2) is 11.6 Å². The average Bonchev–Trinajstić information content (AvgIpc) is 2.85. The monoisotopic (exact) mass is 340 g/mol. The number of carbonyl (C=O) groups is 1. The summed E-state index contributed by atoms with van der Waals surface area (Å²) in [6.45, 7) is 5.31. The number of nitrogens with one attached hydrogen (secondary N) is 1. The van der Waals surface area contributed by atoms with E-state index in [1.807, 2.05) is 6.92 Å². The summed E-state index contributed by atoms with van der Waals surface area (Å²) in [7, 11) is 0. The summed E-state index contributed by atoms with van der Waals surface area (Å²) in [5.41, 5.74) is 0.240. The predicted molar refractivity (Wildman–Crippen MR) is 88.4 cm³/mol. The van der Waals surface area contributed by atoms with Crippen molar-refractivity contribution in [2.24, 2.45) is 0 Å². The molecule has 1 aliphatic rings. The normalized spacial score (nSPS) is 20.0. The minimum atomic E-state index is -1.10. The van der Waals surface area contributed by atoms with Gasteiger partial charge in [-0.1, -0.05) is 18.9 Å². The van der Waals surface area contributed by atoms with E-state index in [1.165, 1.54) is 18.9 Å². The second-order valence-corrected chi connectivity index (χ2v) is 6.54.